The summed E-state index contributed by atoms with van der Waals surface area (Å²) in [5.41, 5.74) is 5.21. The van der Waals surface area contributed by atoms with Crippen LogP contribution < -0.4 is 5.73 Å². The van der Waals surface area contributed by atoms with Gasteiger partial charge in [0.1, 0.15) is 5.78 Å². The van der Waals surface area contributed by atoms with Crippen LogP contribution >= 0.6 is 0 Å². The van der Waals surface area contributed by atoms with Crippen LogP contribution in [-0.2, 0) is 9.59 Å². The summed E-state index contributed by atoms with van der Waals surface area (Å²) in [5, 5.41) is 8.72. The maximum absolute atomic E-state index is 11.5. The van der Waals surface area contributed by atoms with E-state index < -0.39 is 5.97 Å². The van der Waals surface area contributed by atoms with E-state index in [4.69, 9.17) is 10.8 Å². The number of hydrogen-bond acceptors (Lipinski definition) is 3. The zero-order valence-electron chi connectivity index (χ0n) is 13.5. The van der Waals surface area contributed by atoms with Crippen molar-refractivity contribution in [2.75, 3.05) is 6.54 Å². The summed E-state index contributed by atoms with van der Waals surface area (Å²) in [5.74, 6) is -0.554. The minimum Gasteiger partial charge on any atom is -0.481 e. The average Bonchev–Trinajstić information content (AvgIpc) is 2.78. The van der Waals surface area contributed by atoms with Crippen molar-refractivity contribution in [2.24, 2.45) is 17.6 Å². The first-order valence-corrected chi connectivity index (χ1v) is 8.16. The second kappa shape index (κ2) is 12.6. The summed E-state index contributed by atoms with van der Waals surface area (Å²) >= 11 is 0. The van der Waals surface area contributed by atoms with E-state index in [1.165, 1.54) is 19.3 Å². The van der Waals surface area contributed by atoms with Crippen LogP contribution in [0.4, 0.5) is 0 Å². The van der Waals surface area contributed by atoms with Crippen molar-refractivity contribution in [1.29, 1.82) is 0 Å². The Balaban J connectivity index is 0.000000567. The highest BCUT2D eigenvalue weighted by Gasteiger charge is 2.34. The van der Waals surface area contributed by atoms with E-state index in [9.17, 15) is 9.59 Å². The van der Waals surface area contributed by atoms with Gasteiger partial charge in [-0.15, -0.1) is 0 Å². The predicted octanol–water partition coefficient (Wildman–Crippen LogP) is 3.55. The second-order valence-electron chi connectivity index (χ2n) is 5.58. The molecule has 0 aliphatic heterocycles. The van der Waals surface area contributed by atoms with Crippen LogP contribution in [0.5, 0.6) is 0 Å². The van der Waals surface area contributed by atoms with Crippen LogP contribution in [0, 0.1) is 11.8 Å². The van der Waals surface area contributed by atoms with Crippen molar-refractivity contribution < 1.29 is 14.7 Å². The van der Waals surface area contributed by atoms with Crippen LogP contribution in [0.15, 0.2) is 12.2 Å². The van der Waals surface area contributed by atoms with Gasteiger partial charge >= 0.3 is 5.97 Å². The maximum Gasteiger partial charge on any atom is 0.303 e. The molecule has 0 unspecified atom stereocenters. The van der Waals surface area contributed by atoms with Gasteiger partial charge in [-0.05, 0) is 38.1 Å². The number of ketones is 1. The lowest BCUT2D eigenvalue weighted by molar-refractivity contribution is -0.138. The first-order valence-electron chi connectivity index (χ1n) is 8.16. The van der Waals surface area contributed by atoms with Gasteiger partial charge in [0.25, 0.3) is 0 Å². The van der Waals surface area contributed by atoms with E-state index in [2.05, 4.69) is 6.92 Å². The van der Waals surface area contributed by atoms with Crippen molar-refractivity contribution in [3.8, 4) is 0 Å². The van der Waals surface area contributed by atoms with Crippen molar-refractivity contribution in [2.45, 2.75) is 65.2 Å². The largest absolute Gasteiger partial charge is 0.481 e. The van der Waals surface area contributed by atoms with Crippen molar-refractivity contribution in [3.63, 3.8) is 0 Å². The highest BCUT2D eigenvalue weighted by Crippen LogP contribution is 2.33. The summed E-state index contributed by atoms with van der Waals surface area (Å²) in [6, 6.07) is 0. The normalized spacial score (nSPS) is 21.4. The van der Waals surface area contributed by atoms with Crippen LogP contribution in [0.1, 0.15) is 65.2 Å². The predicted molar refractivity (Wildman–Crippen MR) is 86.1 cm³/mol. The Bertz CT molecular complexity index is 322. The topological polar surface area (TPSA) is 80.4 Å². The molecule has 1 rings (SSSR count). The van der Waals surface area contributed by atoms with Crippen molar-refractivity contribution in [1.82, 2.24) is 0 Å². The Morgan fingerprint density at radius 2 is 2.05 bits per heavy atom. The number of hydrogen-bond donors (Lipinski definition) is 2. The molecule has 4 nitrogen and oxygen atoms in total. The van der Waals surface area contributed by atoms with Gasteiger partial charge in [0.2, 0.25) is 0 Å². The lowest BCUT2D eigenvalue weighted by Crippen LogP contribution is -2.17. The van der Waals surface area contributed by atoms with Crippen molar-refractivity contribution in [3.05, 3.63) is 12.2 Å². The number of carbonyl (C=O) groups is 2. The Kier molecular flexibility index (Phi) is 11.9. The van der Waals surface area contributed by atoms with Crippen LogP contribution in [-0.4, -0.2) is 23.4 Å². The third kappa shape index (κ3) is 9.40. The second-order valence-corrected chi connectivity index (χ2v) is 5.58. The van der Waals surface area contributed by atoms with Gasteiger partial charge in [0.05, 0.1) is 0 Å². The average molecular weight is 297 g/mol. The number of nitrogens with two attached hydrogens (primary N) is 1. The molecule has 1 saturated carbocycles. The third-order valence-corrected chi connectivity index (χ3v) is 3.78. The molecule has 0 saturated heterocycles. The van der Waals surface area contributed by atoms with Gasteiger partial charge < -0.3 is 10.8 Å². The minimum absolute atomic E-state index is 0.0519. The molecular formula is C17H31NO3. The summed E-state index contributed by atoms with van der Waals surface area (Å²) < 4.78 is 0. The molecule has 4 heteroatoms. The minimum atomic E-state index is -0.792. The molecule has 0 aromatic carbocycles. The fourth-order valence-electron chi connectivity index (χ4n) is 2.57. The fraction of sp³-hybridized carbons (Fsp3) is 0.765. The molecule has 0 aromatic rings. The number of carboxylic acids is 1. The zero-order chi connectivity index (χ0) is 16.1. The molecule has 0 aromatic heterocycles. The van der Waals surface area contributed by atoms with Crippen molar-refractivity contribution >= 4 is 11.8 Å². The van der Waals surface area contributed by atoms with Gasteiger partial charge in [-0.3, -0.25) is 9.59 Å². The van der Waals surface area contributed by atoms with Gasteiger partial charge in [-0.25, -0.2) is 0 Å². The fourth-order valence-corrected chi connectivity index (χ4v) is 2.57. The molecule has 2 atom stereocenters. The Morgan fingerprint density at radius 1 is 1.33 bits per heavy atom. The number of carbonyl (C=O) groups excluding carboxylic acids is 1. The number of rotatable bonds is 8. The number of unbranched alkanes of at least 4 members (excludes halogenated alkanes) is 2. The van der Waals surface area contributed by atoms with Gasteiger partial charge in [0.15, 0.2) is 0 Å². The lowest BCUT2D eigenvalue weighted by atomic mass is 9.89. The van der Waals surface area contributed by atoms with E-state index >= 15 is 0 Å². The van der Waals surface area contributed by atoms with E-state index in [-0.39, 0.29) is 24.0 Å². The molecule has 1 aliphatic rings. The van der Waals surface area contributed by atoms with E-state index in [1.807, 2.05) is 19.1 Å². The molecule has 0 spiro atoms. The summed E-state index contributed by atoms with van der Waals surface area (Å²) in [4.78, 5) is 22.1. The standard InChI is InChI=1S/C12H18O3.C5H13N/c1-2-3-4-5-10-9(8-12(14)15)6-7-11(10)13;1-2-3-4-5-6/h3-4,9-10H,2,5-8H2,1H3,(H,14,15);2-6H2,1H3/b4-3-;/t9-,10-;/m0./s1. The van der Waals surface area contributed by atoms with Gasteiger partial charge in [-0.2, -0.15) is 0 Å². The first kappa shape index (κ1) is 19.8. The molecule has 122 valence electrons. The van der Waals surface area contributed by atoms with Crippen LogP contribution in [0.25, 0.3) is 0 Å². The summed E-state index contributed by atoms with van der Waals surface area (Å²) in [6.45, 7) is 5.07. The molecular weight excluding hydrogens is 266 g/mol. The number of carboxylic acid groups (broad SMARTS) is 1. The highest BCUT2D eigenvalue weighted by atomic mass is 16.4. The quantitative estimate of drug-likeness (QED) is 0.530. The maximum atomic E-state index is 11.5. The number of Topliss-reactive ketones (excluding diaryl/α,β-unsaturated/α-hetero) is 1. The van der Waals surface area contributed by atoms with Crippen LogP contribution in [0.2, 0.25) is 0 Å². The Hall–Kier alpha value is -1.16. The van der Waals surface area contributed by atoms with E-state index in [0.717, 1.165) is 19.4 Å². The summed E-state index contributed by atoms with van der Waals surface area (Å²) in [6.07, 6.45) is 10.9. The monoisotopic (exact) mass is 297 g/mol. The molecule has 21 heavy (non-hydrogen) atoms. The van der Waals surface area contributed by atoms with Gasteiger partial charge in [-0.1, -0.05) is 38.8 Å². The summed E-state index contributed by atoms with van der Waals surface area (Å²) in [7, 11) is 0. The van der Waals surface area contributed by atoms with Crippen LogP contribution in [0.3, 0.4) is 0 Å². The first-order chi connectivity index (χ1) is 10.1. The molecule has 0 amide bonds. The number of allylic oxidation sites excluding steroid dienone is 2. The lowest BCUT2D eigenvalue weighted by Gasteiger charge is -2.14. The van der Waals surface area contributed by atoms with E-state index in [1.54, 1.807) is 0 Å². The Labute approximate surface area is 128 Å². The highest BCUT2D eigenvalue weighted by molar-refractivity contribution is 5.84. The molecule has 1 fully saturated rings. The number of aliphatic carboxylic acids is 1. The van der Waals surface area contributed by atoms with Gasteiger partial charge in [0, 0.05) is 18.8 Å². The smallest absolute Gasteiger partial charge is 0.303 e. The Morgan fingerprint density at radius 3 is 2.52 bits per heavy atom. The SMILES string of the molecule is CC/C=C\C[C@@H]1C(=O)CC[C@H]1CC(=O)O.CCCCCN. The molecule has 0 radical (unpaired) electrons. The molecule has 1 aliphatic carbocycles. The van der Waals surface area contributed by atoms with E-state index in [0.29, 0.717) is 12.8 Å². The zero-order valence-corrected chi connectivity index (χ0v) is 13.5. The molecule has 0 heterocycles. The molecule has 3 N–H and O–H groups in total. The third-order valence-electron chi connectivity index (χ3n) is 3.78. The molecule has 0 bridgehead atoms.